The largest absolute Gasteiger partial charge is 0.481 e. The molecule has 6 N–H and O–H groups in total. The Morgan fingerprint density at radius 3 is 1.82 bits per heavy atom. The summed E-state index contributed by atoms with van der Waals surface area (Å²) in [6.07, 6.45) is 36.4. The number of nitrogens with two attached hydrogens (primary N) is 1. The molecule has 0 amide bonds. The van der Waals surface area contributed by atoms with Crippen LogP contribution in [0.5, 0.6) is 0 Å². The van der Waals surface area contributed by atoms with Crippen LogP contribution >= 0.6 is 15.6 Å². The van der Waals surface area contributed by atoms with E-state index in [0.717, 1.165) is 74.5 Å². The molecule has 1 aromatic heterocycles. The predicted molar refractivity (Wildman–Crippen MR) is 283 cm³/mol. The Labute approximate surface area is 438 Å². The molecule has 2 aliphatic heterocycles. The number of nitrogen functional groups attached to an aromatic ring is 1. The maximum Gasteiger partial charge on any atom is 0.481 e. The number of phosphoric ester groups is 2. The molecule has 3 rings (SSSR count). The highest BCUT2D eigenvalue weighted by Crippen LogP contribution is 2.60. The SMILES string of the molecule is CC/C=C\CC1OC1C/C=C\C/C=C\C/C=C\C/C=C\CCC(=O)OC[C@H](COP(=O)(O)OP(=O)(O)OC[C@H]1O[C@@H](n2ccc(N)nc2=O)[C@H](O)[C@@H]1O)OC(=O)CCCCCCCCCCCCCCCC(C)C. The fourth-order valence-electron chi connectivity index (χ4n) is 7.98. The number of carbonyl (C=O) groups is 2. The lowest BCUT2D eigenvalue weighted by Gasteiger charge is -2.21. The van der Waals surface area contributed by atoms with Crippen LogP contribution in [0.1, 0.15) is 175 Å². The Hall–Kier alpha value is -3.58. The van der Waals surface area contributed by atoms with E-state index in [4.69, 9.17) is 33.7 Å². The van der Waals surface area contributed by atoms with Crippen LogP contribution < -0.4 is 11.4 Å². The number of epoxide rings is 1. The molecule has 0 spiro atoms. The molecule has 0 aromatic carbocycles. The van der Waals surface area contributed by atoms with Crippen molar-refractivity contribution in [3.63, 3.8) is 0 Å². The second kappa shape index (κ2) is 37.2. The van der Waals surface area contributed by atoms with Crippen LogP contribution in [0.25, 0.3) is 0 Å². The first-order chi connectivity index (χ1) is 35.5. The van der Waals surface area contributed by atoms with Crippen molar-refractivity contribution in [2.75, 3.05) is 25.6 Å². The smallest absolute Gasteiger partial charge is 0.462 e. The van der Waals surface area contributed by atoms with Crippen molar-refractivity contribution in [1.29, 1.82) is 0 Å². The quantitative estimate of drug-likeness (QED) is 0.0134. The number of anilines is 1. The number of nitrogens with zero attached hydrogens (tertiary/aromatic N) is 2. The zero-order chi connectivity index (χ0) is 54.0. The van der Waals surface area contributed by atoms with E-state index in [1.807, 2.05) is 18.2 Å². The fourth-order valence-corrected chi connectivity index (χ4v) is 10.1. The van der Waals surface area contributed by atoms with Crippen LogP contribution in [0.3, 0.4) is 0 Å². The Morgan fingerprint density at radius 1 is 0.703 bits per heavy atom. The molecule has 0 saturated carbocycles. The number of hydrogen-bond acceptors (Lipinski definition) is 16. The van der Waals surface area contributed by atoms with E-state index in [-0.39, 0.29) is 18.7 Å². The zero-order valence-electron chi connectivity index (χ0n) is 44.0. The molecule has 19 nitrogen and oxygen atoms in total. The summed E-state index contributed by atoms with van der Waals surface area (Å²) >= 11 is 0. The first-order valence-corrected chi connectivity index (χ1v) is 29.8. The van der Waals surface area contributed by atoms with Crippen molar-refractivity contribution >= 4 is 33.4 Å². The van der Waals surface area contributed by atoms with Gasteiger partial charge in [0.15, 0.2) is 12.3 Å². The highest BCUT2D eigenvalue weighted by atomic mass is 31.3. The third-order valence-electron chi connectivity index (χ3n) is 12.2. The summed E-state index contributed by atoms with van der Waals surface area (Å²) in [5.74, 6) is -0.622. The van der Waals surface area contributed by atoms with Crippen molar-refractivity contribution in [1.82, 2.24) is 9.55 Å². The van der Waals surface area contributed by atoms with Gasteiger partial charge in [-0.05, 0) is 63.4 Å². The molecule has 4 unspecified atom stereocenters. The average Bonchev–Trinajstić information content (AvgIpc) is 4.04. The average molecular weight is 1080 g/mol. The van der Waals surface area contributed by atoms with Crippen molar-refractivity contribution < 1.29 is 71.0 Å². The lowest BCUT2D eigenvalue weighted by Crippen LogP contribution is -2.36. The second-order valence-corrected chi connectivity index (χ2v) is 22.3. The number of ether oxygens (including phenoxy) is 4. The minimum Gasteiger partial charge on any atom is -0.462 e. The Balaban J connectivity index is 1.39. The molecule has 0 bridgehead atoms. The molecule has 3 heterocycles. The van der Waals surface area contributed by atoms with E-state index in [2.05, 4.69) is 72.6 Å². The number of aliphatic hydroxyl groups is 2. The maximum atomic E-state index is 12.9. The lowest BCUT2D eigenvalue weighted by molar-refractivity contribution is -0.161. The molecule has 1 aromatic rings. The minimum atomic E-state index is -5.44. The summed E-state index contributed by atoms with van der Waals surface area (Å²) in [5.41, 5.74) is 4.59. The van der Waals surface area contributed by atoms with Gasteiger partial charge in [-0.1, -0.05) is 165 Å². The van der Waals surface area contributed by atoms with Crippen molar-refractivity contribution in [3.05, 3.63) is 83.5 Å². The van der Waals surface area contributed by atoms with Gasteiger partial charge in [-0.15, -0.1) is 0 Å². The van der Waals surface area contributed by atoms with E-state index >= 15 is 0 Å². The van der Waals surface area contributed by atoms with Crippen molar-refractivity contribution in [2.45, 2.75) is 211 Å². The van der Waals surface area contributed by atoms with Gasteiger partial charge in [0, 0.05) is 19.0 Å². The van der Waals surface area contributed by atoms with Crippen LogP contribution in [0, 0.1) is 5.92 Å². The predicted octanol–water partition coefficient (Wildman–Crippen LogP) is 10.3. The van der Waals surface area contributed by atoms with E-state index in [1.54, 1.807) is 0 Å². The lowest BCUT2D eigenvalue weighted by atomic mass is 10.0. The second-order valence-electron chi connectivity index (χ2n) is 19.2. The molecule has 9 atom stereocenters. The molecule has 21 heteroatoms. The fraction of sp³-hybridized carbons (Fsp3) is 0.698. The Kier molecular flexibility index (Phi) is 32.6. The van der Waals surface area contributed by atoms with Gasteiger partial charge in [-0.2, -0.15) is 9.29 Å². The van der Waals surface area contributed by atoms with E-state index in [0.29, 0.717) is 31.5 Å². The van der Waals surface area contributed by atoms with Gasteiger partial charge >= 0.3 is 33.3 Å². The van der Waals surface area contributed by atoms with Crippen LogP contribution in [0.15, 0.2) is 77.8 Å². The molecule has 0 radical (unpaired) electrons. The summed E-state index contributed by atoms with van der Waals surface area (Å²) in [4.78, 5) is 62.0. The van der Waals surface area contributed by atoms with Crippen molar-refractivity contribution in [3.8, 4) is 0 Å². The van der Waals surface area contributed by atoms with Crippen LogP contribution in [0.4, 0.5) is 5.82 Å². The number of carbonyl (C=O) groups excluding carboxylic acids is 2. The number of allylic oxidation sites excluding steroid dienone is 8. The molecular formula is C53H87N3O16P2. The first-order valence-electron chi connectivity index (χ1n) is 26.8. The normalized spacial score (nSPS) is 22.2. The first kappa shape index (κ1) is 64.7. The Morgan fingerprint density at radius 2 is 1.24 bits per heavy atom. The highest BCUT2D eigenvalue weighted by Gasteiger charge is 2.46. The van der Waals surface area contributed by atoms with Gasteiger partial charge in [-0.25, -0.2) is 13.9 Å². The maximum absolute atomic E-state index is 12.9. The minimum absolute atomic E-state index is 0.00256. The standard InChI is InChI=1S/C53H87N3O16P2/c1-4-5-27-33-44-45(70-44)34-29-24-20-16-12-9-10-13-17-21-25-30-35-48(57)66-39-43(69-49(58)36-31-26-22-18-14-8-6-7-11-15-19-23-28-32-42(2)3)40-67-73(62,63)72-74(64,65)68-41-46-50(59)51(60)52(71-46)56-38-37-47(54)55-53(56)61/h5,10,12-13,16,21,24-25,27,29,37-38,42-46,50-52,59-60H,4,6-9,11,14-15,17-20,22-23,26,28,30-36,39-41H2,1-3H3,(H,62,63)(H,64,65)(H2,54,55,61)/b13-10-,16-12-,25-21-,27-5-,29-24-/t43-,44?,45?,46-,50-,51-,52-/m1/s1. The zero-order valence-corrected chi connectivity index (χ0v) is 45.8. The van der Waals surface area contributed by atoms with E-state index in [1.165, 1.54) is 63.9 Å². The van der Waals surface area contributed by atoms with Crippen LogP contribution in [-0.4, -0.2) is 97.9 Å². The third kappa shape index (κ3) is 29.6. The number of rotatable bonds is 42. The molecule has 2 fully saturated rings. The summed E-state index contributed by atoms with van der Waals surface area (Å²) in [6.45, 7) is 4.28. The van der Waals surface area contributed by atoms with Gasteiger partial charge in [0.2, 0.25) is 0 Å². The monoisotopic (exact) mass is 1080 g/mol. The van der Waals surface area contributed by atoms with Crippen molar-refractivity contribution in [2.24, 2.45) is 5.92 Å². The van der Waals surface area contributed by atoms with Crippen LogP contribution in [-0.2, 0) is 51.0 Å². The third-order valence-corrected chi connectivity index (χ3v) is 14.8. The van der Waals surface area contributed by atoms with Gasteiger partial charge in [0.05, 0.1) is 25.4 Å². The number of aliphatic hydroxyl groups excluding tert-OH is 2. The Bertz CT molecular complexity index is 2060. The topological polar surface area (TPSA) is 278 Å². The number of hydrogen-bond donors (Lipinski definition) is 5. The molecule has 0 aliphatic carbocycles. The van der Waals surface area contributed by atoms with E-state index in [9.17, 15) is 43.5 Å². The molecular weight excluding hydrogens is 997 g/mol. The summed E-state index contributed by atoms with van der Waals surface area (Å²) < 4.78 is 62.5. The van der Waals surface area contributed by atoms with Gasteiger partial charge in [-0.3, -0.25) is 23.2 Å². The molecule has 2 saturated heterocycles. The molecule has 2 aliphatic rings. The molecule has 74 heavy (non-hydrogen) atoms. The summed E-state index contributed by atoms with van der Waals surface area (Å²) in [7, 11) is -10.9. The molecule has 420 valence electrons. The van der Waals surface area contributed by atoms with Gasteiger partial charge in [0.25, 0.3) is 0 Å². The highest BCUT2D eigenvalue weighted by molar-refractivity contribution is 7.61. The van der Waals surface area contributed by atoms with Gasteiger partial charge in [0.1, 0.15) is 30.7 Å². The summed E-state index contributed by atoms with van der Waals surface area (Å²) in [5, 5.41) is 20.9. The van der Waals surface area contributed by atoms with Crippen LogP contribution in [0.2, 0.25) is 0 Å². The van der Waals surface area contributed by atoms with Gasteiger partial charge < -0.3 is 44.7 Å². The number of phosphoric acid groups is 2. The number of aromatic nitrogens is 2. The number of unbranched alkanes of at least 4 members (excludes halogenated alkanes) is 12. The number of esters is 2. The summed E-state index contributed by atoms with van der Waals surface area (Å²) in [6, 6.07) is 1.24. The van der Waals surface area contributed by atoms with E-state index < -0.39 is 83.7 Å².